The normalized spacial score (nSPS) is 12.7. The molecular weight excluding hydrogens is 414 g/mol. The highest BCUT2D eigenvalue weighted by molar-refractivity contribution is 8.00. The van der Waals surface area contributed by atoms with E-state index in [1.807, 2.05) is 29.2 Å². The summed E-state index contributed by atoms with van der Waals surface area (Å²) >= 11 is 1.22. The molecule has 1 aliphatic rings. The van der Waals surface area contributed by atoms with E-state index < -0.39 is 5.97 Å². The zero-order valence-corrected chi connectivity index (χ0v) is 18.7. The number of carbonyl (C=O) groups excluding carboxylic acids is 2. The van der Waals surface area contributed by atoms with E-state index >= 15 is 0 Å². The minimum atomic E-state index is -0.504. The number of aromatic nitrogens is 1. The van der Waals surface area contributed by atoms with Crippen LogP contribution in [0.3, 0.4) is 0 Å². The largest absolute Gasteiger partial charge is 0.497 e. The van der Waals surface area contributed by atoms with Crippen molar-refractivity contribution in [3.8, 4) is 11.8 Å². The zero-order valence-electron chi connectivity index (χ0n) is 17.9. The molecule has 1 aromatic heterocycles. The molecule has 0 bridgehead atoms. The number of hydrogen-bond donors (Lipinski definition) is 0. The summed E-state index contributed by atoms with van der Waals surface area (Å²) in [6, 6.07) is 11.5. The van der Waals surface area contributed by atoms with Crippen molar-refractivity contribution in [3.05, 3.63) is 52.7 Å². The van der Waals surface area contributed by atoms with Crippen LogP contribution in [0.2, 0.25) is 0 Å². The van der Waals surface area contributed by atoms with Crippen molar-refractivity contribution in [2.45, 2.75) is 44.3 Å². The highest BCUT2D eigenvalue weighted by Gasteiger charge is 2.32. The lowest BCUT2D eigenvalue weighted by Crippen LogP contribution is -2.34. The molecule has 1 fully saturated rings. The first-order valence-corrected chi connectivity index (χ1v) is 11.1. The van der Waals surface area contributed by atoms with Crippen molar-refractivity contribution < 1.29 is 19.1 Å². The topological polar surface area (TPSA) is 92.5 Å². The molecule has 1 amide bonds. The molecule has 0 atom stereocenters. The van der Waals surface area contributed by atoms with Crippen LogP contribution in [0.5, 0.6) is 5.75 Å². The molecule has 0 N–H and O–H groups in total. The van der Waals surface area contributed by atoms with Gasteiger partial charge in [-0.3, -0.25) is 4.79 Å². The lowest BCUT2D eigenvalue weighted by molar-refractivity contribution is -0.129. The van der Waals surface area contributed by atoms with Gasteiger partial charge in [0.1, 0.15) is 16.8 Å². The predicted molar refractivity (Wildman–Crippen MR) is 117 cm³/mol. The number of ether oxygens (including phenoxy) is 2. The van der Waals surface area contributed by atoms with Gasteiger partial charge in [-0.15, -0.1) is 0 Å². The Labute approximate surface area is 186 Å². The lowest BCUT2D eigenvalue weighted by atomic mass is 10.1. The van der Waals surface area contributed by atoms with Crippen molar-refractivity contribution in [2.24, 2.45) is 0 Å². The quantitative estimate of drug-likeness (QED) is 0.434. The second-order valence-corrected chi connectivity index (χ2v) is 8.16. The van der Waals surface area contributed by atoms with Crippen LogP contribution in [0.4, 0.5) is 0 Å². The summed E-state index contributed by atoms with van der Waals surface area (Å²) in [4.78, 5) is 31.3. The number of rotatable bonds is 9. The Hall–Kier alpha value is -3.05. The van der Waals surface area contributed by atoms with E-state index in [1.54, 1.807) is 21.0 Å². The van der Waals surface area contributed by atoms with Crippen LogP contribution in [0.15, 0.2) is 35.4 Å². The summed E-state index contributed by atoms with van der Waals surface area (Å²) < 4.78 is 10.2. The molecule has 1 saturated carbocycles. The molecule has 1 aliphatic carbocycles. The molecule has 162 valence electrons. The first-order chi connectivity index (χ1) is 15.0. The van der Waals surface area contributed by atoms with Crippen LogP contribution >= 0.6 is 11.8 Å². The van der Waals surface area contributed by atoms with Gasteiger partial charge in [0.05, 0.1) is 36.3 Å². The predicted octanol–water partition coefficient (Wildman–Crippen LogP) is 3.73. The smallest absolute Gasteiger partial charge is 0.340 e. The molecule has 7 nitrogen and oxygen atoms in total. The minimum Gasteiger partial charge on any atom is -0.497 e. The van der Waals surface area contributed by atoms with E-state index in [4.69, 9.17) is 9.47 Å². The number of benzene rings is 1. The van der Waals surface area contributed by atoms with Gasteiger partial charge in [0.2, 0.25) is 5.91 Å². The first-order valence-electron chi connectivity index (χ1n) is 10.1. The van der Waals surface area contributed by atoms with Crippen LogP contribution in [-0.4, -0.2) is 47.3 Å². The van der Waals surface area contributed by atoms with Gasteiger partial charge in [-0.1, -0.05) is 23.9 Å². The lowest BCUT2D eigenvalue weighted by Gasteiger charge is -2.22. The number of amides is 1. The summed E-state index contributed by atoms with van der Waals surface area (Å²) in [7, 11) is 1.62. The van der Waals surface area contributed by atoms with Gasteiger partial charge in [-0.05, 0) is 50.5 Å². The van der Waals surface area contributed by atoms with Crippen molar-refractivity contribution in [1.82, 2.24) is 9.88 Å². The van der Waals surface area contributed by atoms with Gasteiger partial charge in [0, 0.05) is 12.6 Å². The molecule has 2 aromatic rings. The summed E-state index contributed by atoms with van der Waals surface area (Å²) in [5.41, 5.74) is 2.05. The number of methoxy groups -OCH3 is 1. The van der Waals surface area contributed by atoms with E-state index in [9.17, 15) is 14.9 Å². The number of esters is 1. The van der Waals surface area contributed by atoms with Gasteiger partial charge in [-0.2, -0.15) is 5.26 Å². The van der Waals surface area contributed by atoms with Gasteiger partial charge < -0.3 is 14.4 Å². The van der Waals surface area contributed by atoms with E-state index in [2.05, 4.69) is 11.1 Å². The fourth-order valence-corrected chi connectivity index (χ4v) is 4.02. The third-order valence-corrected chi connectivity index (χ3v) is 5.92. The summed E-state index contributed by atoms with van der Waals surface area (Å²) in [5.74, 6) is 0.449. The summed E-state index contributed by atoms with van der Waals surface area (Å²) in [5, 5.41) is 9.94. The molecule has 0 unspecified atom stereocenters. The van der Waals surface area contributed by atoms with Crippen LogP contribution in [0.25, 0.3) is 0 Å². The number of hydrogen-bond acceptors (Lipinski definition) is 7. The summed E-state index contributed by atoms with van der Waals surface area (Å²) in [6.07, 6.45) is 2.00. The van der Waals surface area contributed by atoms with Crippen molar-refractivity contribution in [3.63, 3.8) is 0 Å². The van der Waals surface area contributed by atoms with Gasteiger partial charge in [0.25, 0.3) is 0 Å². The maximum Gasteiger partial charge on any atom is 0.340 e. The molecular formula is C23H25N3O4S. The van der Waals surface area contributed by atoms with Crippen molar-refractivity contribution in [1.29, 1.82) is 5.26 Å². The standard InChI is InChI=1S/C23H25N3O4S/c1-4-30-23(28)20-11-17(12-24)22(25-15(20)2)31-14-21(27)26(18-7-8-18)13-16-5-9-19(29-3)10-6-16/h5-6,9-11,18H,4,7-8,13-14H2,1-3H3. The monoisotopic (exact) mass is 439 g/mol. The highest BCUT2D eigenvalue weighted by atomic mass is 32.2. The number of nitrogens with zero attached hydrogens (tertiary/aromatic N) is 3. The maximum atomic E-state index is 13.0. The number of nitriles is 1. The second-order valence-electron chi connectivity index (χ2n) is 7.20. The van der Waals surface area contributed by atoms with Crippen LogP contribution < -0.4 is 4.74 Å². The number of pyridine rings is 1. The SMILES string of the molecule is CCOC(=O)c1cc(C#N)c(SCC(=O)N(Cc2ccc(OC)cc2)C2CC2)nc1C. The third kappa shape index (κ3) is 5.76. The third-order valence-electron chi connectivity index (χ3n) is 4.95. The maximum absolute atomic E-state index is 13.0. The average molecular weight is 440 g/mol. The highest BCUT2D eigenvalue weighted by Crippen LogP contribution is 2.31. The Morgan fingerprint density at radius 3 is 2.58 bits per heavy atom. The molecule has 1 heterocycles. The molecule has 0 radical (unpaired) electrons. The average Bonchev–Trinajstić information content (AvgIpc) is 3.61. The van der Waals surface area contributed by atoms with Gasteiger partial charge in [-0.25, -0.2) is 9.78 Å². The van der Waals surface area contributed by atoms with E-state index in [-0.39, 0.29) is 35.4 Å². The van der Waals surface area contributed by atoms with Crippen LogP contribution in [0.1, 0.15) is 46.9 Å². The molecule has 0 aliphatic heterocycles. The van der Waals surface area contributed by atoms with Crippen LogP contribution in [0, 0.1) is 18.3 Å². The van der Waals surface area contributed by atoms with Crippen LogP contribution in [-0.2, 0) is 16.1 Å². The van der Waals surface area contributed by atoms with E-state index in [0.717, 1.165) is 24.2 Å². The fraction of sp³-hybridized carbons (Fsp3) is 0.391. The number of aryl methyl sites for hydroxylation is 1. The number of thioether (sulfide) groups is 1. The zero-order chi connectivity index (χ0) is 22.4. The Balaban J connectivity index is 1.69. The van der Waals surface area contributed by atoms with Gasteiger partial charge >= 0.3 is 5.97 Å². The molecule has 0 spiro atoms. The Morgan fingerprint density at radius 1 is 1.29 bits per heavy atom. The second kappa shape index (κ2) is 10.3. The Morgan fingerprint density at radius 2 is 2.00 bits per heavy atom. The molecule has 8 heteroatoms. The molecule has 1 aromatic carbocycles. The first kappa shape index (κ1) is 22.6. The summed E-state index contributed by atoms with van der Waals surface area (Å²) in [6.45, 7) is 4.20. The minimum absolute atomic E-state index is 0.00105. The van der Waals surface area contributed by atoms with Crippen molar-refractivity contribution in [2.75, 3.05) is 19.5 Å². The molecule has 31 heavy (non-hydrogen) atoms. The molecule has 0 saturated heterocycles. The van der Waals surface area contributed by atoms with E-state index in [1.165, 1.54) is 17.8 Å². The van der Waals surface area contributed by atoms with Gasteiger partial charge in [0.15, 0.2) is 0 Å². The Kier molecular flexibility index (Phi) is 7.53. The van der Waals surface area contributed by atoms with Crippen molar-refractivity contribution >= 4 is 23.6 Å². The fourth-order valence-electron chi connectivity index (χ4n) is 3.14. The van der Waals surface area contributed by atoms with E-state index in [0.29, 0.717) is 17.3 Å². The number of carbonyl (C=O) groups is 2. The molecule has 3 rings (SSSR count). The Bertz CT molecular complexity index is 997.